The molecule has 0 aromatic carbocycles. The molecule has 0 bridgehead atoms. The van der Waals surface area contributed by atoms with Gasteiger partial charge < -0.3 is 0 Å². The van der Waals surface area contributed by atoms with Crippen LogP contribution in [0.4, 0.5) is 0 Å². The van der Waals surface area contributed by atoms with Crippen LogP contribution in [0, 0.1) is 6.92 Å². The second kappa shape index (κ2) is 8.68. The highest BCUT2D eigenvalue weighted by Crippen LogP contribution is 2.05. The molecule has 0 aliphatic rings. The van der Waals surface area contributed by atoms with Crippen LogP contribution < -0.4 is 0 Å². The molecular weight excluding hydrogens is 208 g/mol. The van der Waals surface area contributed by atoms with E-state index in [1.54, 1.807) is 0 Å². The molecule has 1 rings (SSSR count). The van der Waals surface area contributed by atoms with E-state index in [1.165, 1.54) is 11.1 Å². The lowest BCUT2D eigenvalue weighted by Crippen LogP contribution is -2.02. The van der Waals surface area contributed by atoms with E-state index in [4.69, 9.17) is 0 Å². The van der Waals surface area contributed by atoms with Crippen molar-refractivity contribution in [1.29, 1.82) is 0 Å². The molecule has 0 saturated heterocycles. The van der Waals surface area contributed by atoms with E-state index < -0.39 is 0 Å². The van der Waals surface area contributed by atoms with E-state index in [9.17, 15) is 0 Å². The third-order valence-corrected chi connectivity index (χ3v) is 1.93. The van der Waals surface area contributed by atoms with E-state index in [0.717, 1.165) is 18.0 Å². The largest absolute Gasteiger partial charge is 0.283 e. The van der Waals surface area contributed by atoms with Gasteiger partial charge in [0.2, 0.25) is 0 Å². The van der Waals surface area contributed by atoms with Gasteiger partial charge in [-0.1, -0.05) is 19.4 Å². The summed E-state index contributed by atoms with van der Waals surface area (Å²) in [4.78, 5) is 8.79. The van der Waals surface area contributed by atoms with Gasteiger partial charge in [-0.2, -0.15) is 0 Å². The SMILES string of the molecule is CC.CCN=C(C=C(C)C)c1cc(C)ccn1. The summed E-state index contributed by atoms with van der Waals surface area (Å²) in [5, 5.41) is 0. The van der Waals surface area contributed by atoms with Crippen LogP contribution >= 0.6 is 0 Å². The second-order valence-electron chi connectivity index (χ2n) is 3.80. The van der Waals surface area contributed by atoms with Crippen LogP contribution in [-0.2, 0) is 0 Å². The Morgan fingerprint density at radius 3 is 2.47 bits per heavy atom. The third-order valence-electron chi connectivity index (χ3n) is 1.93. The molecule has 0 amide bonds. The quantitative estimate of drug-likeness (QED) is 0.717. The Labute approximate surface area is 106 Å². The molecule has 1 aromatic rings. The van der Waals surface area contributed by atoms with Gasteiger partial charge >= 0.3 is 0 Å². The maximum absolute atomic E-state index is 4.45. The molecule has 0 fully saturated rings. The normalized spacial score (nSPS) is 10.4. The summed E-state index contributed by atoms with van der Waals surface area (Å²) in [6, 6.07) is 4.06. The summed E-state index contributed by atoms with van der Waals surface area (Å²) in [6.07, 6.45) is 3.90. The van der Waals surface area contributed by atoms with Gasteiger partial charge in [-0.25, -0.2) is 0 Å². The molecule has 0 aliphatic heterocycles. The molecule has 1 aromatic heterocycles. The van der Waals surface area contributed by atoms with Crippen LogP contribution in [0.2, 0.25) is 0 Å². The van der Waals surface area contributed by atoms with Crippen LogP contribution in [0.15, 0.2) is 35.0 Å². The van der Waals surface area contributed by atoms with Crippen molar-refractivity contribution in [1.82, 2.24) is 4.98 Å². The van der Waals surface area contributed by atoms with Crippen LogP contribution in [0.3, 0.4) is 0 Å². The van der Waals surface area contributed by atoms with E-state index >= 15 is 0 Å². The fourth-order valence-electron chi connectivity index (χ4n) is 1.32. The molecule has 0 aliphatic carbocycles. The topological polar surface area (TPSA) is 25.2 Å². The number of allylic oxidation sites excluding steroid dienone is 2. The Bertz CT molecular complexity index is 386. The first kappa shape index (κ1) is 15.6. The summed E-state index contributed by atoms with van der Waals surface area (Å²) in [5.41, 5.74) is 4.38. The zero-order chi connectivity index (χ0) is 13.3. The Kier molecular flexibility index (Phi) is 7.95. The number of hydrogen-bond donors (Lipinski definition) is 0. The molecule has 0 N–H and O–H groups in total. The maximum Gasteiger partial charge on any atom is 0.0884 e. The molecule has 17 heavy (non-hydrogen) atoms. The van der Waals surface area contributed by atoms with Crippen LogP contribution in [0.5, 0.6) is 0 Å². The maximum atomic E-state index is 4.45. The van der Waals surface area contributed by atoms with Gasteiger partial charge in [-0.15, -0.1) is 0 Å². The van der Waals surface area contributed by atoms with E-state index in [0.29, 0.717) is 0 Å². The van der Waals surface area contributed by atoms with Crippen molar-refractivity contribution in [2.75, 3.05) is 6.54 Å². The average molecular weight is 232 g/mol. The van der Waals surface area contributed by atoms with Gasteiger partial charge in [0.05, 0.1) is 11.4 Å². The lowest BCUT2D eigenvalue weighted by molar-refractivity contribution is 1.12. The van der Waals surface area contributed by atoms with Crippen molar-refractivity contribution in [2.45, 2.75) is 41.5 Å². The molecule has 0 spiro atoms. The number of nitrogens with zero attached hydrogens (tertiary/aromatic N) is 2. The Balaban J connectivity index is 0.00000121. The van der Waals surface area contributed by atoms with Crippen LogP contribution in [0.25, 0.3) is 0 Å². The first-order valence-electron chi connectivity index (χ1n) is 6.26. The molecule has 0 unspecified atom stereocenters. The molecule has 94 valence electrons. The minimum Gasteiger partial charge on any atom is -0.283 e. The van der Waals surface area contributed by atoms with Crippen molar-refractivity contribution in [3.8, 4) is 0 Å². The van der Waals surface area contributed by atoms with E-state index in [1.807, 2.05) is 33.0 Å². The number of pyridine rings is 1. The number of aromatic nitrogens is 1. The highest BCUT2D eigenvalue weighted by Gasteiger charge is 2.01. The average Bonchev–Trinajstić information content (AvgIpc) is 2.30. The minimum atomic E-state index is 0.786. The Hall–Kier alpha value is -1.44. The van der Waals surface area contributed by atoms with E-state index in [-0.39, 0.29) is 0 Å². The predicted molar refractivity (Wildman–Crippen MR) is 76.8 cm³/mol. The number of aliphatic imine (C=N–C) groups is 1. The van der Waals surface area contributed by atoms with Crippen LogP contribution in [0.1, 0.15) is 45.9 Å². The molecule has 2 heteroatoms. The zero-order valence-corrected chi connectivity index (χ0v) is 11.9. The number of hydrogen-bond acceptors (Lipinski definition) is 2. The lowest BCUT2D eigenvalue weighted by atomic mass is 10.1. The second-order valence-corrected chi connectivity index (χ2v) is 3.80. The molecule has 1 heterocycles. The van der Waals surface area contributed by atoms with Gasteiger partial charge in [0.15, 0.2) is 0 Å². The fraction of sp³-hybridized carbons (Fsp3) is 0.467. The molecule has 0 atom stereocenters. The number of rotatable bonds is 3. The van der Waals surface area contributed by atoms with E-state index in [2.05, 4.69) is 42.9 Å². The molecule has 0 radical (unpaired) electrons. The van der Waals surface area contributed by atoms with Gasteiger partial charge in [0.1, 0.15) is 0 Å². The monoisotopic (exact) mass is 232 g/mol. The third kappa shape index (κ3) is 6.00. The van der Waals surface area contributed by atoms with Crippen molar-refractivity contribution >= 4 is 5.71 Å². The molecular formula is C15H24N2. The summed E-state index contributed by atoms with van der Waals surface area (Å²) >= 11 is 0. The first-order chi connectivity index (χ1) is 8.13. The highest BCUT2D eigenvalue weighted by atomic mass is 14.8. The highest BCUT2D eigenvalue weighted by molar-refractivity contribution is 6.07. The summed E-state index contributed by atoms with van der Waals surface area (Å²) in [5.74, 6) is 0. The van der Waals surface area contributed by atoms with Crippen LogP contribution in [-0.4, -0.2) is 17.2 Å². The Morgan fingerprint density at radius 2 is 2.00 bits per heavy atom. The van der Waals surface area contributed by atoms with Crippen molar-refractivity contribution in [2.24, 2.45) is 4.99 Å². The first-order valence-corrected chi connectivity index (χ1v) is 6.26. The lowest BCUT2D eigenvalue weighted by Gasteiger charge is -2.02. The predicted octanol–water partition coefficient (Wildman–Crippen LogP) is 4.19. The molecule has 0 saturated carbocycles. The Morgan fingerprint density at radius 1 is 1.35 bits per heavy atom. The van der Waals surface area contributed by atoms with Gasteiger partial charge in [0, 0.05) is 12.7 Å². The summed E-state index contributed by atoms with van der Waals surface area (Å²) in [7, 11) is 0. The number of aryl methyl sites for hydroxylation is 1. The van der Waals surface area contributed by atoms with Crippen molar-refractivity contribution in [3.05, 3.63) is 41.2 Å². The smallest absolute Gasteiger partial charge is 0.0884 e. The zero-order valence-electron chi connectivity index (χ0n) is 11.9. The van der Waals surface area contributed by atoms with Gasteiger partial charge in [-0.05, 0) is 51.5 Å². The fourth-order valence-corrected chi connectivity index (χ4v) is 1.32. The molecule has 2 nitrogen and oxygen atoms in total. The van der Waals surface area contributed by atoms with Crippen molar-refractivity contribution < 1.29 is 0 Å². The van der Waals surface area contributed by atoms with Gasteiger partial charge in [-0.3, -0.25) is 9.98 Å². The van der Waals surface area contributed by atoms with Crippen molar-refractivity contribution in [3.63, 3.8) is 0 Å². The summed E-state index contributed by atoms with van der Waals surface area (Å²) < 4.78 is 0. The van der Waals surface area contributed by atoms with Gasteiger partial charge in [0.25, 0.3) is 0 Å². The standard InChI is InChI=1S/C13H18N2.C2H6/c1-5-14-12(8-10(2)3)13-9-11(4)6-7-15-13;1-2/h6-9H,5H2,1-4H3;1-2H3. The minimum absolute atomic E-state index is 0.786. The summed E-state index contributed by atoms with van der Waals surface area (Å²) in [6.45, 7) is 13.0.